The van der Waals surface area contributed by atoms with E-state index in [0.717, 1.165) is 28.4 Å². The fraction of sp³-hybridized carbons (Fsp3) is 0.261. The van der Waals surface area contributed by atoms with Crippen molar-refractivity contribution in [2.75, 3.05) is 19.0 Å². The number of rotatable bonds is 4. The predicted molar refractivity (Wildman–Crippen MR) is 122 cm³/mol. The summed E-state index contributed by atoms with van der Waals surface area (Å²) in [5.74, 6) is -0.148. The Kier molecular flexibility index (Phi) is 5.29. The van der Waals surface area contributed by atoms with Gasteiger partial charge in [-0.15, -0.1) is 5.10 Å². The van der Waals surface area contributed by atoms with Crippen LogP contribution < -0.4 is 15.4 Å². The maximum absolute atomic E-state index is 13.4. The number of nitrogens with zero attached hydrogens (tertiary/aromatic N) is 3. The summed E-state index contributed by atoms with van der Waals surface area (Å²) in [7, 11) is 1.61. The molecule has 0 saturated carbocycles. The molecule has 2 aliphatic heterocycles. The second-order valence-electron chi connectivity index (χ2n) is 7.98. The van der Waals surface area contributed by atoms with Gasteiger partial charge in [0.25, 0.3) is 11.8 Å². The molecule has 3 amide bonds. The van der Waals surface area contributed by atoms with Crippen molar-refractivity contribution in [1.29, 1.82) is 0 Å². The molecular formula is C23H21N5O4S. The molecule has 2 unspecified atom stereocenters. The molecule has 0 aliphatic carbocycles. The van der Waals surface area contributed by atoms with Gasteiger partial charge in [0.05, 0.1) is 30.1 Å². The van der Waals surface area contributed by atoms with Gasteiger partial charge in [-0.1, -0.05) is 22.7 Å². The number of methoxy groups -OCH3 is 1. The molecule has 9 nitrogen and oxygen atoms in total. The van der Waals surface area contributed by atoms with Crippen LogP contribution in [-0.2, 0) is 4.79 Å². The van der Waals surface area contributed by atoms with Crippen molar-refractivity contribution >= 4 is 34.9 Å². The summed E-state index contributed by atoms with van der Waals surface area (Å²) in [5.41, 5.74) is 3.21. The van der Waals surface area contributed by atoms with E-state index >= 15 is 0 Å². The first-order valence-electron chi connectivity index (χ1n) is 10.5. The Balaban J connectivity index is 1.42. The van der Waals surface area contributed by atoms with Crippen LogP contribution in [0.1, 0.15) is 32.1 Å². The maximum atomic E-state index is 13.4. The minimum Gasteiger partial charge on any atom is -0.497 e. The minimum absolute atomic E-state index is 0.240. The number of nitrogens with one attached hydrogen (secondary N) is 2. The smallest absolute Gasteiger partial charge is 0.265 e. The Hall–Kier alpha value is -3.79. The Morgan fingerprint density at radius 1 is 1.18 bits per heavy atom. The van der Waals surface area contributed by atoms with Gasteiger partial charge in [-0.2, -0.15) is 0 Å². The molecule has 168 valence electrons. The van der Waals surface area contributed by atoms with Crippen LogP contribution in [-0.4, -0.2) is 57.9 Å². The van der Waals surface area contributed by atoms with Crippen LogP contribution in [0.2, 0.25) is 0 Å². The summed E-state index contributed by atoms with van der Waals surface area (Å²) < 4.78 is 9.00. The molecule has 3 aromatic rings. The number of aromatic nitrogens is 2. The van der Waals surface area contributed by atoms with Crippen molar-refractivity contribution in [2.24, 2.45) is 0 Å². The Bertz CT molecular complexity index is 1260. The molecule has 2 N–H and O–H groups in total. The largest absolute Gasteiger partial charge is 0.497 e. The van der Waals surface area contributed by atoms with Gasteiger partial charge in [0.1, 0.15) is 16.7 Å². The lowest BCUT2D eigenvalue weighted by Gasteiger charge is -2.24. The van der Waals surface area contributed by atoms with E-state index in [4.69, 9.17) is 4.74 Å². The van der Waals surface area contributed by atoms with Gasteiger partial charge in [-0.3, -0.25) is 14.4 Å². The number of benzene rings is 2. The summed E-state index contributed by atoms with van der Waals surface area (Å²) in [6.07, 6.45) is 0.481. The summed E-state index contributed by atoms with van der Waals surface area (Å²) in [5, 5.41) is 9.64. The van der Waals surface area contributed by atoms with Crippen molar-refractivity contribution in [1.82, 2.24) is 19.8 Å². The maximum Gasteiger partial charge on any atom is 0.265 e. The lowest BCUT2D eigenvalue weighted by atomic mass is 10.0. The highest BCUT2D eigenvalue weighted by Crippen LogP contribution is 2.33. The quantitative estimate of drug-likeness (QED) is 0.615. The summed E-state index contributed by atoms with van der Waals surface area (Å²) in [6.45, 7) is 2.08. The van der Waals surface area contributed by atoms with E-state index in [9.17, 15) is 14.4 Å². The average molecular weight is 464 g/mol. The second-order valence-corrected chi connectivity index (χ2v) is 8.73. The van der Waals surface area contributed by atoms with Crippen LogP contribution in [0, 0.1) is 6.92 Å². The Morgan fingerprint density at radius 2 is 1.94 bits per heavy atom. The number of aryl methyl sites for hydroxylation is 1. The number of anilines is 1. The van der Waals surface area contributed by atoms with Gasteiger partial charge in [-0.05, 0) is 60.3 Å². The number of hydrogen-bond acceptors (Lipinski definition) is 7. The van der Waals surface area contributed by atoms with E-state index in [1.165, 1.54) is 0 Å². The molecule has 2 atom stereocenters. The third-order valence-electron chi connectivity index (χ3n) is 6.03. The number of amides is 3. The van der Waals surface area contributed by atoms with Crippen molar-refractivity contribution in [2.45, 2.75) is 25.4 Å². The molecular weight excluding hydrogens is 442 g/mol. The molecule has 1 aromatic heterocycles. The first-order chi connectivity index (χ1) is 16.0. The molecule has 0 radical (unpaired) electrons. The first-order valence-corrected chi connectivity index (χ1v) is 11.2. The number of carbonyl (C=O) groups is 3. The van der Waals surface area contributed by atoms with Gasteiger partial charge in [0.15, 0.2) is 0 Å². The zero-order valence-electron chi connectivity index (χ0n) is 18.0. The molecule has 0 spiro atoms. The summed E-state index contributed by atoms with van der Waals surface area (Å²) in [6, 6.07) is 11.7. The van der Waals surface area contributed by atoms with Crippen molar-refractivity contribution in [3.8, 4) is 16.9 Å². The SMILES string of the molecule is COc1ccc(-c2ccc3c(c2)C(=O)N2CCC(NC(=O)c4snnc4C)C2C(=O)N3)cc1. The summed E-state index contributed by atoms with van der Waals surface area (Å²) >= 11 is 1.01. The van der Waals surface area contributed by atoms with Crippen molar-refractivity contribution in [3.05, 3.63) is 58.6 Å². The Labute approximate surface area is 193 Å². The number of hydrogen-bond donors (Lipinski definition) is 2. The molecule has 0 bridgehead atoms. The van der Waals surface area contributed by atoms with Crippen LogP contribution in [0.3, 0.4) is 0 Å². The van der Waals surface area contributed by atoms with Gasteiger partial charge >= 0.3 is 0 Å². The molecule has 10 heteroatoms. The highest BCUT2D eigenvalue weighted by Gasteiger charge is 2.45. The second kappa shape index (κ2) is 8.28. The zero-order valence-corrected chi connectivity index (χ0v) is 18.8. The lowest BCUT2D eigenvalue weighted by molar-refractivity contribution is -0.120. The van der Waals surface area contributed by atoms with E-state index in [-0.39, 0.29) is 17.7 Å². The van der Waals surface area contributed by atoms with E-state index < -0.39 is 12.1 Å². The number of carbonyl (C=O) groups excluding carboxylic acids is 3. The van der Waals surface area contributed by atoms with E-state index in [1.54, 1.807) is 31.1 Å². The fourth-order valence-electron chi connectivity index (χ4n) is 4.32. The lowest BCUT2D eigenvalue weighted by Crippen LogP contribution is -2.51. The zero-order chi connectivity index (χ0) is 23.1. The standard InChI is InChI=1S/C23H21N5O4S/c1-12-20(33-27-26-12)22(30)25-18-9-10-28-19(18)21(29)24-17-8-5-14(11-16(17)23(28)31)13-3-6-15(32-2)7-4-13/h3-8,11,18-19H,9-10H2,1-2H3,(H,24,29)(H,25,30). The molecule has 2 aromatic carbocycles. The van der Waals surface area contributed by atoms with Gasteiger partial charge < -0.3 is 20.3 Å². The number of ether oxygens (including phenoxy) is 1. The molecule has 33 heavy (non-hydrogen) atoms. The molecule has 1 fully saturated rings. The topological polar surface area (TPSA) is 114 Å². The van der Waals surface area contributed by atoms with Crippen LogP contribution in [0.25, 0.3) is 11.1 Å². The molecule has 3 heterocycles. The van der Waals surface area contributed by atoms with Crippen LogP contribution in [0.4, 0.5) is 5.69 Å². The average Bonchev–Trinajstić information content (AvgIpc) is 3.42. The highest BCUT2D eigenvalue weighted by molar-refractivity contribution is 7.08. The monoisotopic (exact) mass is 463 g/mol. The third kappa shape index (κ3) is 3.72. The van der Waals surface area contributed by atoms with Gasteiger partial charge in [0.2, 0.25) is 5.91 Å². The number of fused-ring (bicyclic) bond motifs is 2. The van der Waals surface area contributed by atoms with E-state index in [2.05, 4.69) is 20.2 Å². The van der Waals surface area contributed by atoms with Crippen LogP contribution in [0.5, 0.6) is 5.75 Å². The predicted octanol–water partition coefficient (Wildman–Crippen LogP) is 2.49. The van der Waals surface area contributed by atoms with E-state index in [0.29, 0.717) is 34.8 Å². The summed E-state index contributed by atoms with van der Waals surface area (Å²) in [4.78, 5) is 41.1. The van der Waals surface area contributed by atoms with Crippen LogP contribution >= 0.6 is 11.5 Å². The van der Waals surface area contributed by atoms with Crippen molar-refractivity contribution < 1.29 is 19.1 Å². The Morgan fingerprint density at radius 3 is 2.64 bits per heavy atom. The third-order valence-corrected chi connectivity index (χ3v) is 6.86. The first kappa shape index (κ1) is 21.1. The highest BCUT2D eigenvalue weighted by atomic mass is 32.1. The molecule has 1 saturated heterocycles. The normalized spacial score (nSPS) is 19.4. The fourth-order valence-corrected chi connectivity index (χ4v) is 4.88. The van der Waals surface area contributed by atoms with Crippen molar-refractivity contribution in [3.63, 3.8) is 0 Å². The molecule has 2 aliphatic rings. The van der Waals surface area contributed by atoms with Gasteiger partial charge in [0, 0.05) is 6.54 Å². The van der Waals surface area contributed by atoms with Crippen LogP contribution in [0.15, 0.2) is 42.5 Å². The van der Waals surface area contributed by atoms with E-state index in [1.807, 2.05) is 30.3 Å². The molecule has 5 rings (SSSR count). The minimum atomic E-state index is -0.792. The van der Waals surface area contributed by atoms with Gasteiger partial charge in [-0.25, -0.2) is 0 Å².